The van der Waals surface area contributed by atoms with E-state index in [4.69, 9.17) is 4.74 Å². The summed E-state index contributed by atoms with van der Waals surface area (Å²) in [7, 11) is 0. The number of fused-ring (bicyclic) bond motifs is 2. The predicted octanol–water partition coefficient (Wildman–Crippen LogP) is 5.20. The number of hydrogen-bond acceptors (Lipinski definition) is 2. The zero-order valence-corrected chi connectivity index (χ0v) is 14.8. The van der Waals surface area contributed by atoms with E-state index in [-0.39, 0.29) is 11.9 Å². The molecule has 0 aliphatic heterocycles. The van der Waals surface area contributed by atoms with E-state index < -0.39 is 0 Å². The molecule has 4 rings (SSSR count). The molecular weight excluding hydrogens is 308 g/mol. The van der Waals surface area contributed by atoms with E-state index in [0.29, 0.717) is 30.3 Å². The summed E-state index contributed by atoms with van der Waals surface area (Å²) in [5.74, 6) is 2.11. The van der Waals surface area contributed by atoms with Gasteiger partial charge in [-0.25, -0.2) is 0 Å². The van der Waals surface area contributed by atoms with Crippen LogP contribution < -0.4 is 0 Å². The van der Waals surface area contributed by atoms with E-state index in [9.17, 15) is 4.79 Å². The highest BCUT2D eigenvalue weighted by atomic mass is 16.5. The van der Waals surface area contributed by atoms with Crippen molar-refractivity contribution in [1.82, 2.24) is 0 Å². The number of carbonyl (C=O) groups is 1. The fourth-order valence-electron chi connectivity index (χ4n) is 5.21. The van der Waals surface area contributed by atoms with Crippen molar-refractivity contribution < 1.29 is 9.53 Å². The van der Waals surface area contributed by atoms with Gasteiger partial charge in [0.15, 0.2) is 0 Å². The van der Waals surface area contributed by atoms with E-state index in [1.807, 2.05) is 30.3 Å². The Morgan fingerprint density at radius 3 is 2.36 bits per heavy atom. The van der Waals surface area contributed by atoms with E-state index >= 15 is 0 Å². The largest absolute Gasteiger partial charge is 0.461 e. The molecule has 0 aromatic heterocycles. The summed E-state index contributed by atoms with van der Waals surface area (Å²) in [5, 5.41) is 0. The lowest BCUT2D eigenvalue weighted by Gasteiger charge is -2.34. The third-order valence-corrected chi connectivity index (χ3v) is 6.38. The van der Waals surface area contributed by atoms with Crippen LogP contribution in [-0.2, 0) is 16.1 Å². The van der Waals surface area contributed by atoms with Crippen LogP contribution in [0.5, 0.6) is 0 Å². The number of ether oxygens (including phenoxy) is 1. The fourth-order valence-corrected chi connectivity index (χ4v) is 5.21. The molecule has 130 valence electrons. The van der Waals surface area contributed by atoms with Gasteiger partial charge in [-0.1, -0.05) is 67.6 Å². The maximum absolute atomic E-state index is 12.9. The van der Waals surface area contributed by atoms with Gasteiger partial charge in [-0.2, -0.15) is 0 Å². The summed E-state index contributed by atoms with van der Waals surface area (Å²) in [6.45, 7) is 2.68. The highest BCUT2D eigenvalue weighted by molar-refractivity contribution is 5.74. The van der Waals surface area contributed by atoms with Crippen LogP contribution in [-0.4, -0.2) is 5.97 Å². The Morgan fingerprint density at radius 2 is 1.64 bits per heavy atom. The molecule has 2 fully saturated rings. The standard InChI is InChI=1S/C23H26O2/c1-16(18-10-6-3-7-11-18)21-19-12-13-20(14-19)22(21)23(24)25-15-17-8-4-2-5-9-17/h2-11,16,19-22H,12-15H2,1H3/t16-,19-,20+,21+,22-/m1/s1. The van der Waals surface area contributed by atoms with Crippen molar-refractivity contribution in [3.05, 3.63) is 71.8 Å². The van der Waals surface area contributed by atoms with Gasteiger partial charge in [-0.15, -0.1) is 0 Å². The summed E-state index contributed by atoms with van der Waals surface area (Å²) in [6, 6.07) is 20.6. The van der Waals surface area contributed by atoms with E-state index in [0.717, 1.165) is 5.56 Å². The Bertz CT molecular complexity index is 709. The molecule has 0 spiro atoms. The first kappa shape index (κ1) is 16.4. The first-order valence-corrected chi connectivity index (χ1v) is 9.49. The number of hydrogen-bond donors (Lipinski definition) is 0. The minimum atomic E-state index is 0.0174. The third-order valence-electron chi connectivity index (χ3n) is 6.38. The van der Waals surface area contributed by atoms with Gasteiger partial charge in [0, 0.05) is 0 Å². The van der Waals surface area contributed by atoms with Gasteiger partial charge >= 0.3 is 5.97 Å². The molecule has 0 N–H and O–H groups in total. The molecule has 0 radical (unpaired) electrons. The smallest absolute Gasteiger partial charge is 0.309 e. The van der Waals surface area contributed by atoms with Crippen molar-refractivity contribution in [2.24, 2.45) is 23.7 Å². The van der Waals surface area contributed by atoms with Crippen LogP contribution in [0, 0.1) is 23.7 Å². The minimum absolute atomic E-state index is 0.0174. The molecule has 0 amide bonds. The molecule has 0 heterocycles. The lowest BCUT2D eigenvalue weighted by Crippen LogP contribution is -2.34. The highest BCUT2D eigenvalue weighted by Gasteiger charge is 2.53. The summed E-state index contributed by atoms with van der Waals surface area (Å²) < 4.78 is 5.74. The van der Waals surface area contributed by atoms with Gasteiger partial charge in [-0.05, 0) is 54.1 Å². The van der Waals surface area contributed by atoms with Crippen molar-refractivity contribution in [2.45, 2.75) is 38.7 Å². The van der Waals surface area contributed by atoms with Crippen molar-refractivity contribution >= 4 is 5.97 Å². The molecule has 2 aliphatic rings. The van der Waals surface area contributed by atoms with Crippen molar-refractivity contribution in [3.63, 3.8) is 0 Å². The first-order valence-electron chi connectivity index (χ1n) is 9.49. The van der Waals surface area contributed by atoms with Gasteiger partial charge < -0.3 is 4.74 Å². The summed E-state index contributed by atoms with van der Waals surface area (Å²) in [4.78, 5) is 12.9. The molecule has 2 aromatic rings. The average molecular weight is 334 g/mol. The molecule has 2 heteroatoms. The van der Waals surface area contributed by atoms with Gasteiger partial charge in [0.2, 0.25) is 0 Å². The molecule has 2 bridgehead atoms. The van der Waals surface area contributed by atoms with Crippen LogP contribution in [0.2, 0.25) is 0 Å². The molecule has 25 heavy (non-hydrogen) atoms. The Morgan fingerprint density at radius 1 is 1.00 bits per heavy atom. The van der Waals surface area contributed by atoms with Crippen LogP contribution in [0.15, 0.2) is 60.7 Å². The molecule has 0 saturated heterocycles. The molecule has 5 atom stereocenters. The zero-order chi connectivity index (χ0) is 17.2. The summed E-state index contributed by atoms with van der Waals surface area (Å²) in [6.07, 6.45) is 3.66. The second-order valence-corrected chi connectivity index (χ2v) is 7.73. The molecule has 2 aromatic carbocycles. The van der Waals surface area contributed by atoms with Gasteiger partial charge in [0.05, 0.1) is 5.92 Å². The normalized spacial score (nSPS) is 28.7. The Labute approximate surface area is 150 Å². The molecular formula is C23H26O2. The number of carbonyl (C=O) groups excluding carboxylic acids is 1. The number of rotatable bonds is 5. The Kier molecular flexibility index (Phi) is 4.61. The van der Waals surface area contributed by atoms with E-state index in [2.05, 4.69) is 37.3 Å². The van der Waals surface area contributed by atoms with Crippen LogP contribution in [0.1, 0.15) is 43.2 Å². The van der Waals surface area contributed by atoms with Crippen LogP contribution in [0.4, 0.5) is 0 Å². The second-order valence-electron chi connectivity index (χ2n) is 7.73. The predicted molar refractivity (Wildman–Crippen MR) is 98.9 cm³/mol. The SMILES string of the molecule is C[C@H](c1ccccc1)[C@H]1[C@@H]2CC[C@@H](C2)[C@H]1C(=O)OCc1ccccc1. The van der Waals surface area contributed by atoms with Gasteiger partial charge in [-0.3, -0.25) is 4.79 Å². The van der Waals surface area contributed by atoms with Crippen molar-refractivity contribution in [2.75, 3.05) is 0 Å². The van der Waals surface area contributed by atoms with Crippen LogP contribution in [0.3, 0.4) is 0 Å². The van der Waals surface area contributed by atoms with Crippen molar-refractivity contribution in [3.8, 4) is 0 Å². The maximum atomic E-state index is 12.9. The maximum Gasteiger partial charge on any atom is 0.309 e. The third kappa shape index (κ3) is 3.22. The van der Waals surface area contributed by atoms with Crippen molar-refractivity contribution in [1.29, 1.82) is 0 Å². The molecule has 2 saturated carbocycles. The zero-order valence-electron chi connectivity index (χ0n) is 14.8. The van der Waals surface area contributed by atoms with E-state index in [1.165, 1.54) is 24.8 Å². The molecule has 2 nitrogen and oxygen atoms in total. The van der Waals surface area contributed by atoms with Crippen LogP contribution in [0.25, 0.3) is 0 Å². The van der Waals surface area contributed by atoms with Gasteiger partial charge in [0.25, 0.3) is 0 Å². The quantitative estimate of drug-likeness (QED) is 0.703. The lowest BCUT2D eigenvalue weighted by atomic mass is 9.71. The number of esters is 1. The average Bonchev–Trinajstić information content (AvgIpc) is 3.28. The fraction of sp³-hybridized carbons (Fsp3) is 0.435. The number of benzene rings is 2. The summed E-state index contributed by atoms with van der Waals surface area (Å²) in [5.41, 5.74) is 2.41. The Balaban J connectivity index is 1.49. The minimum Gasteiger partial charge on any atom is -0.461 e. The molecule has 0 unspecified atom stereocenters. The molecule has 2 aliphatic carbocycles. The Hall–Kier alpha value is -2.09. The van der Waals surface area contributed by atoms with Crippen LogP contribution >= 0.6 is 0 Å². The first-order chi connectivity index (χ1) is 12.2. The van der Waals surface area contributed by atoms with Gasteiger partial charge in [0.1, 0.15) is 6.61 Å². The topological polar surface area (TPSA) is 26.3 Å². The lowest BCUT2D eigenvalue weighted by molar-refractivity contribution is -0.154. The van der Waals surface area contributed by atoms with E-state index in [1.54, 1.807) is 0 Å². The second kappa shape index (κ2) is 7.03. The highest BCUT2D eigenvalue weighted by Crippen LogP contribution is 2.57. The monoisotopic (exact) mass is 334 g/mol. The summed E-state index contributed by atoms with van der Waals surface area (Å²) >= 11 is 0.